The number of hydrogen-bond acceptors (Lipinski definition) is 6. The molecule has 0 radical (unpaired) electrons. The van der Waals surface area contributed by atoms with Crippen LogP contribution in [0.3, 0.4) is 0 Å². The van der Waals surface area contributed by atoms with Crippen molar-refractivity contribution in [3.63, 3.8) is 0 Å². The van der Waals surface area contributed by atoms with Crippen molar-refractivity contribution in [3.8, 4) is 29.1 Å². The second kappa shape index (κ2) is 6.99. The van der Waals surface area contributed by atoms with Crippen molar-refractivity contribution in [2.45, 2.75) is 13.8 Å². The summed E-state index contributed by atoms with van der Waals surface area (Å²) in [5, 5.41) is 19.9. The highest BCUT2D eigenvalue weighted by Crippen LogP contribution is 2.27. The first-order valence-electron chi connectivity index (χ1n) is 7.75. The Kier molecular flexibility index (Phi) is 4.58. The summed E-state index contributed by atoms with van der Waals surface area (Å²) in [5.41, 5.74) is 2.52. The van der Waals surface area contributed by atoms with Crippen molar-refractivity contribution in [1.29, 1.82) is 5.26 Å². The Labute approximate surface area is 149 Å². The molecule has 0 N–H and O–H groups in total. The molecule has 0 aliphatic heterocycles. The predicted octanol–water partition coefficient (Wildman–Crippen LogP) is 4.33. The monoisotopic (exact) mass is 346 g/mol. The molecule has 0 aliphatic carbocycles. The van der Waals surface area contributed by atoms with Crippen LogP contribution in [0.4, 0.5) is 5.69 Å². The standard InChI is InChI=1S/C19H14N4O3/c1-12-8-14(11-20)6-7-17(12)26-18-9-13(2)21-19(22-18)15-4-3-5-16(10-15)23(24)25/h3-10H,1-2H3. The van der Waals surface area contributed by atoms with Crippen LogP contribution in [0.1, 0.15) is 16.8 Å². The Balaban J connectivity index is 1.97. The Morgan fingerprint density at radius 3 is 2.62 bits per heavy atom. The average molecular weight is 346 g/mol. The van der Waals surface area contributed by atoms with Crippen molar-refractivity contribution in [1.82, 2.24) is 9.97 Å². The first-order valence-corrected chi connectivity index (χ1v) is 7.75. The van der Waals surface area contributed by atoms with Crippen LogP contribution in [0, 0.1) is 35.3 Å². The molecule has 0 aliphatic rings. The van der Waals surface area contributed by atoms with E-state index in [0.717, 1.165) is 5.56 Å². The number of nitrogens with zero attached hydrogens (tertiary/aromatic N) is 4. The van der Waals surface area contributed by atoms with Crippen LogP contribution in [0.25, 0.3) is 11.4 Å². The highest BCUT2D eigenvalue weighted by molar-refractivity contribution is 5.59. The largest absolute Gasteiger partial charge is 0.439 e. The zero-order valence-corrected chi connectivity index (χ0v) is 14.1. The molecule has 1 heterocycles. The van der Waals surface area contributed by atoms with Gasteiger partial charge in [0.2, 0.25) is 5.88 Å². The van der Waals surface area contributed by atoms with Gasteiger partial charge < -0.3 is 4.74 Å². The summed E-state index contributed by atoms with van der Waals surface area (Å²) < 4.78 is 5.83. The molecule has 7 nitrogen and oxygen atoms in total. The van der Waals surface area contributed by atoms with E-state index in [9.17, 15) is 10.1 Å². The Hall–Kier alpha value is -3.79. The number of rotatable bonds is 4. The number of ether oxygens (including phenoxy) is 1. The van der Waals surface area contributed by atoms with Crippen LogP contribution in [-0.2, 0) is 0 Å². The number of nitro benzene ring substituents is 1. The molecule has 3 aromatic rings. The van der Waals surface area contributed by atoms with Gasteiger partial charge in [0.05, 0.1) is 16.6 Å². The Morgan fingerprint density at radius 1 is 1.12 bits per heavy atom. The van der Waals surface area contributed by atoms with E-state index in [0.29, 0.717) is 34.3 Å². The fraction of sp³-hybridized carbons (Fsp3) is 0.105. The molecule has 0 amide bonds. The minimum Gasteiger partial charge on any atom is -0.439 e. The molecule has 0 bridgehead atoms. The molecule has 0 fully saturated rings. The molecule has 0 saturated heterocycles. The topological polar surface area (TPSA) is 102 Å². The average Bonchev–Trinajstić information content (AvgIpc) is 2.63. The van der Waals surface area contributed by atoms with Gasteiger partial charge in [0.25, 0.3) is 5.69 Å². The summed E-state index contributed by atoms with van der Waals surface area (Å²) >= 11 is 0. The number of non-ortho nitro benzene ring substituents is 1. The van der Waals surface area contributed by atoms with Gasteiger partial charge >= 0.3 is 0 Å². The van der Waals surface area contributed by atoms with Gasteiger partial charge in [0.15, 0.2) is 5.82 Å². The van der Waals surface area contributed by atoms with Crippen LogP contribution in [0.2, 0.25) is 0 Å². The minimum atomic E-state index is -0.461. The lowest BCUT2D eigenvalue weighted by Crippen LogP contribution is -1.97. The lowest BCUT2D eigenvalue weighted by atomic mass is 10.1. The quantitative estimate of drug-likeness (QED) is 0.514. The molecule has 2 aromatic carbocycles. The van der Waals surface area contributed by atoms with Crippen molar-refractivity contribution >= 4 is 5.69 Å². The maximum absolute atomic E-state index is 11.0. The molecule has 26 heavy (non-hydrogen) atoms. The number of benzene rings is 2. The molecule has 0 saturated carbocycles. The van der Waals surface area contributed by atoms with E-state index >= 15 is 0 Å². The van der Waals surface area contributed by atoms with Gasteiger partial charge in [0.1, 0.15) is 5.75 Å². The van der Waals surface area contributed by atoms with Crippen LogP contribution >= 0.6 is 0 Å². The molecule has 0 spiro atoms. The first-order chi connectivity index (χ1) is 12.5. The second-order valence-corrected chi connectivity index (χ2v) is 5.67. The van der Waals surface area contributed by atoms with E-state index in [1.807, 2.05) is 6.92 Å². The third-order valence-electron chi connectivity index (χ3n) is 3.66. The number of hydrogen-bond donors (Lipinski definition) is 0. The highest BCUT2D eigenvalue weighted by Gasteiger charge is 2.12. The molecule has 128 valence electrons. The Bertz CT molecular complexity index is 1040. The van der Waals surface area contributed by atoms with Crippen LogP contribution in [0.15, 0.2) is 48.5 Å². The van der Waals surface area contributed by atoms with Crippen LogP contribution < -0.4 is 4.74 Å². The van der Waals surface area contributed by atoms with Crippen molar-refractivity contribution in [3.05, 3.63) is 75.5 Å². The molecule has 1 aromatic heterocycles. The fourth-order valence-corrected chi connectivity index (χ4v) is 2.43. The lowest BCUT2D eigenvalue weighted by Gasteiger charge is -2.10. The molecular weight excluding hydrogens is 332 g/mol. The SMILES string of the molecule is Cc1cc(Oc2ccc(C#N)cc2C)nc(-c2cccc([N+](=O)[O-])c2)n1. The van der Waals surface area contributed by atoms with E-state index in [1.54, 1.807) is 43.3 Å². The summed E-state index contributed by atoms with van der Waals surface area (Å²) in [6, 6.07) is 15.0. The lowest BCUT2D eigenvalue weighted by molar-refractivity contribution is -0.384. The van der Waals surface area contributed by atoms with E-state index in [4.69, 9.17) is 10.00 Å². The third-order valence-corrected chi connectivity index (χ3v) is 3.66. The second-order valence-electron chi connectivity index (χ2n) is 5.67. The normalized spacial score (nSPS) is 10.2. The zero-order chi connectivity index (χ0) is 18.7. The summed E-state index contributed by atoms with van der Waals surface area (Å²) in [7, 11) is 0. The van der Waals surface area contributed by atoms with Gasteiger partial charge in [-0.15, -0.1) is 0 Å². The van der Waals surface area contributed by atoms with Gasteiger partial charge in [-0.3, -0.25) is 10.1 Å². The van der Waals surface area contributed by atoms with Gasteiger partial charge in [-0.25, -0.2) is 4.98 Å². The molecule has 0 unspecified atom stereocenters. The molecular formula is C19H14N4O3. The third kappa shape index (κ3) is 3.65. The van der Waals surface area contributed by atoms with Crippen molar-refractivity contribution in [2.24, 2.45) is 0 Å². The van der Waals surface area contributed by atoms with E-state index in [-0.39, 0.29) is 5.69 Å². The van der Waals surface area contributed by atoms with Crippen LogP contribution in [-0.4, -0.2) is 14.9 Å². The van der Waals surface area contributed by atoms with E-state index < -0.39 is 4.92 Å². The van der Waals surface area contributed by atoms with Gasteiger partial charge in [-0.2, -0.15) is 10.2 Å². The zero-order valence-electron chi connectivity index (χ0n) is 14.1. The first kappa shape index (κ1) is 17.0. The van der Waals surface area contributed by atoms with Gasteiger partial charge in [-0.05, 0) is 37.6 Å². The molecule has 3 rings (SSSR count). The summed E-state index contributed by atoms with van der Waals surface area (Å²) in [4.78, 5) is 19.2. The smallest absolute Gasteiger partial charge is 0.270 e. The van der Waals surface area contributed by atoms with Crippen molar-refractivity contribution < 1.29 is 9.66 Å². The Morgan fingerprint density at radius 2 is 1.92 bits per heavy atom. The number of nitro groups is 1. The van der Waals surface area contributed by atoms with Crippen LogP contribution in [0.5, 0.6) is 11.6 Å². The van der Waals surface area contributed by atoms with E-state index in [1.165, 1.54) is 12.1 Å². The van der Waals surface area contributed by atoms with E-state index in [2.05, 4.69) is 16.0 Å². The van der Waals surface area contributed by atoms with Gasteiger partial charge in [0, 0.05) is 29.5 Å². The predicted molar refractivity (Wildman–Crippen MR) is 94.8 cm³/mol. The maximum atomic E-state index is 11.0. The van der Waals surface area contributed by atoms with Crippen molar-refractivity contribution in [2.75, 3.05) is 0 Å². The minimum absolute atomic E-state index is 0.0296. The highest BCUT2D eigenvalue weighted by atomic mass is 16.6. The summed E-state index contributed by atoms with van der Waals surface area (Å²) in [5.74, 6) is 1.24. The fourth-order valence-electron chi connectivity index (χ4n) is 2.43. The summed E-state index contributed by atoms with van der Waals surface area (Å²) in [6.07, 6.45) is 0. The van der Waals surface area contributed by atoms with Gasteiger partial charge in [-0.1, -0.05) is 12.1 Å². The molecule has 0 atom stereocenters. The maximum Gasteiger partial charge on any atom is 0.270 e. The number of nitriles is 1. The summed E-state index contributed by atoms with van der Waals surface area (Å²) in [6.45, 7) is 3.63. The number of aromatic nitrogens is 2. The number of aryl methyl sites for hydroxylation is 2. The molecule has 7 heteroatoms.